The molecule has 1 fully saturated rings. The third-order valence-electron chi connectivity index (χ3n) is 4.26. The number of hydrogen-bond acceptors (Lipinski definition) is 4. The van der Waals surface area contributed by atoms with E-state index in [1.807, 2.05) is 42.3 Å². The van der Waals surface area contributed by atoms with Gasteiger partial charge in [-0.1, -0.05) is 30.3 Å². The number of aliphatic hydroxyl groups excluding tert-OH is 1. The summed E-state index contributed by atoms with van der Waals surface area (Å²) in [6, 6.07) is 9.91. The van der Waals surface area contributed by atoms with Crippen molar-refractivity contribution in [3.05, 3.63) is 35.9 Å². The Balaban J connectivity index is 1.95. The molecule has 1 aromatic carbocycles. The van der Waals surface area contributed by atoms with Gasteiger partial charge in [0.1, 0.15) is 6.61 Å². The number of carbonyl (C=O) groups excluding carboxylic acids is 1. The quantitative estimate of drug-likeness (QED) is 0.845. The zero-order valence-corrected chi connectivity index (χ0v) is 13.2. The molecule has 1 heterocycles. The first kappa shape index (κ1) is 16.8. The van der Waals surface area contributed by atoms with Crippen molar-refractivity contribution in [3.63, 3.8) is 0 Å². The van der Waals surface area contributed by atoms with Gasteiger partial charge >= 0.3 is 6.09 Å². The van der Waals surface area contributed by atoms with Crippen LogP contribution in [0.3, 0.4) is 0 Å². The SMILES string of the molecule is CN[C@@H](CCO)[C@@H]1CCCCN1C(=O)OCc1ccccc1. The van der Waals surface area contributed by atoms with E-state index < -0.39 is 0 Å². The molecule has 1 saturated heterocycles. The molecule has 0 aliphatic carbocycles. The maximum Gasteiger partial charge on any atom is 0.410 e. The summed E-state index contributed by atoms with van der Waals surface area (Å²) in [5.74, 6) is 0. The van der Waals surface area contributed by atoms with Gasteiger partial charge in [-0.15, -0.1) is 0 Å². The number of aliphatic hydroxyl groups is 1. The highest BCUT2D eigenvalue weighted by Gasteiger charge is 2.32. The summed E-state index contributed by atoms with van der Waals surface area (Å²) in [4.78, 5) is 14.2. The zero-order chi connectivity index (χ0) is 15.8. The van der Waals surface area contributed by atoms with Crippen LogP contribution in [0.1, 0.15) is 31.2 Å². The third kappa shape index (κ3) is 4.45. The lowest BCUT2D eigenvalue weighted by Gasteiger charge is -2.39. The van der Waals surface area contributed by atoms with Crippen LogP contribution in [-0.4, -0.2) is 48.4 Å². The molecule has 5 heteroatoms. The smallest absolute Gasteiger partial charge is 0.410 e. The van der Waals surface area contributed by atoms with Gasteiger partial charge in [0.2, 0.25) is 0 Å². The van der Waals surface area contributed by atoms with Crippen molar-refractivity contribution < 1.29 is 14.6 Å². The second-order valence-corrected chi connectivity index (χ2v) is 5.70. The van der Waals surface area contributed by atoms with Crippen LogP contribution in [0.5, 0.6) is 0 Å². The Morgan fingerprint density at radius 2 is 2.18 bits per heavy atom. The zero-order valence-electron chi connectivity index (χ0n) is 13.2. The molecule has 0 saturated carbocycles. The Hall–Kier alpha value is -1.59. The topological polar surface area (TPSA) is 61.8 Å². The van der Waals surface area contributed by atoms with Gasteiger partial charge in [-0.05, 0) is 38.3 Å². The minimum atomic E-state index is -0.258. The van der Waals surface area contributed by atoms with Crippen LogP contribution in [0, 0.1) is 0 Å². The Kier molecular flexibility index (Phi) is 6.68. The maximum absolute atomic E-state index is 12.4. The summed E-state index contributed by atoms with van der Waals surface area (Å²) in [7, 11) is 1.88. The Morgan fingerprint density at radius 1 is 1.41 bits per heavy atom. The predicted octanol–water partition coefficient (Wildman–Crippen LogP) is 2.15. The van der Waals surface area contributed by atoms with Crippen molar-refractivity contribution in [2.75, 3.05) is 20.2 Å². The van der Waals surface area contributed by atoms with Gasteiger partial charge in [0.05, 0.1) is 6.04 Å². The number of likely N-dealkylation sites (N-methyl/N-ethyl adjacent to an activating group) is 1. The Bertz CT molecular complexity index is 452. The summed E-state index contributed by atoms with van der Waals surface area (Å²) in [6.45, 7) is 1.14. The van der Waals surface area contributed by atoms with E-state index in [-0.39, 0.29) is 24.8 Å². The largest absolute Gasteiger partial charge is 0.445 e. The fraction of sp³-hybridized carbons (Fsp3) is 0.588. The highest BCUT2D eigenvalue weighted by Crippen LogP contribution is 2.22. The van der Waals surface area contributed by atoms with Gasteiger partial charge in [0, 0.05) is 19.2 Å². The molecule has 1 aromatic rings. The van der Waals surface area contributed by atoms with Crippen molar-refractivity contribution in [3.8, 4) is 0 Å². The molecule has 2 rings (SSSR count). The fourth-order valence-electron chi connectivity index (χ4n) is 3.07. The summed E-state index contributed by atoms with van der Waals surface area (Å²) in [6.07, 6.45) is 3.45. The van der Waals surface area contributed by atoms with Crippen LogP contribution < -0.4 is 5.32 Å². The maximum atomic E-state index is 12.4. The summed E-state index contributed by atoms with van der Waals surface area (Å²) < 4.78 is 5.47. The number of amides is 1. The van der Waals surface area contributed by atoms with Crippen molar-refractivity contribution in [2.45, 2.75) is 44.4 Å². The molecule has 2 N–H and O–H groups in total. The van der Waals surface area contributed by atoms with E-state index in [1.54, 1.807) is 0 Å². The number of piperidine rings is 1. The monoisotopic (exact) mass is 306 g/mol. The van der Waals surface area contributed by atoms with Crippen LogP contribution in [0.15, 0.2) is 30.3 Å². The summed E-state index contributed by atoms with van der Waals surface area (Å²) in [5, 5.41) is 12.4. The molecule has 1 aliphatic heterocycles. The number of likely N-dealkylation sites (tertiary alicyclic amines) is 1. The number of hydrogen-bond donors (Lipinski definition) is 2. The molecule has 0 spiro atoms. The lowest BCUT2D eigenvalue weighted by atomic mass is 9.94. The van der Waals surface area contributed by atoms with Crippen LogP contribution in [-0.2, 0) is 11.3 Å². The van der Waals surface area contributed by atoms with E-state index in [0.29, 0.717) is 13.0 Å². The van der Waals surface area contributed by atoms with Gasteiger partial charge in [0.25, 0.3) is 0 Å². The average molecular weight is 306 g/mol. The van der Waals surface area contributed by atoms with Crippen molar-refractivity contribution in [1.29, 1.82) is 0 Å². The molecule has 122 valence electrons. The van der Waals surface area contributed by atoms with E-state index >= 15 is 0 Å². The number of rotatable bonds is 6. The minimum absolute atomic E-state index is 0.0918. The highest BCUT2D eigenvalue weighted by atomic mass is 16.6. The van der Waals surface area contributed by atoms with Crippen molar-refractivity contribution in [1.82, 2.24) is 10.2 Å². The standard InChI is InChI=1S/C17H26N2O3/c1-18-15(10-12-20)16-9-5-6-11-19(16)17(21)22-13-14-7-3-2-4-8-14/h2-4,7-8,15-16,18,20H,5-6,9-13H2,1H3/t15-,16-/m0/s1. The molecule has 2 atom stereocenters. The number of nitrogens with one attached hydrogen (secondary N) is 1. The molecule has 0 bridgehead atoms. The lowest BCUT2D eigenvalue weighted by Crippen LogP contribution is -2.54. The van der Waals surface area contributed by atoms with Crippen molar-refractivity contribution in [2.24, 2.45) is 0 Å². The van der Waals surface area contributed by atoms with Crippen molar-refractivity contribution >= 4 is 6.09 Å². The van der Waals surface area contributed by atoms with E-state index in [2.05, 4.69) is 5.32 Å². The average Bonchev–Trinajstić information content (AvgIpc) is 2.58. The second kappa shape index (κ2) is 8.76. The number of benzene rings is 1. The molecule has 5 nitrogen and oxygen atoms in total. The number of carbonyl (C=O) groups is 1. The van der Waals surface area contributed by atoms with E-state index in [4.69, 9.17) is 4.74 Å². The number of ether oxygens (including phenoxy) is 1. The van der Waals surface area contributed by atoms with Crippen LogP contribution in [0.4, 0.5) is 4.79 Å². The van der Waals surface area contributed by atoms with Gasteiger partial charge in [-0.2, -0.15) is 0 Å². The van der Waals surface area contributed by atoms with Gasteiger partial charge in [-0.25, -0.2) is 4.79 Å². The van der Waals surface area contributed by atoms with E-state index in [1.165, 1.54) is 0 Å². The molecule has 0 radical (unpaired) electrons. The molecule has 0 aromatic heterocycles. The first-order valence-electron chi connectivity index (χ1n) is 8.01. The fourth-order valence-corrected chi connectivity index (χ4v) is 3.07. The van der Waals surface area contributed by atoms with Gasteiger partial charge < -0.3 is 20.1 Å². The minimum Gasteiger partial charge on any atom is -0.445 e. The normalized spacial score (nSPS) is 19.7. The molecule has 1 amide bonds. The third-order valence-corrected chi connectivity index (χ3v) is 4.26. The Morgan fingerprint density at radius 3 is 2.86 bits per heavy atom. The van der Waals surface area contributed by atoms with E-state index in [0.717, 1.165) is 31.4 Å². The van der Waals surface area contributed by atoms with Crippen LogP contribution in [0.2, 0.25) is 0 Å². The van der Waals surface area contributed by atoms with E-state index in [9.17, 15) is 9.90 Å². The number of nitrogens with zero attached hydrogens (tertiary/aromatic N) is 1. The first-order valence-corrected chi connectivity index (χ1v) is 8.01. The summed E-state index contributed by atoms with van der Waals surface area (Å²) >= 11 is 0. The molecule has 1 aliphatic rings. The first-order chi connectivity index (χ1) is 10.8. The Labute approximate surface area is 132 Å². The molecular formula is C17H26N2O3. The predicted molar refractivity (Wildman–Crippen MR) is 85.5 cm³/mol. The second-order valence-electron chi connectivity index (χ2n) is 5.70. The highest BCUT2D eigenvalue weighted by molar-refractivity contribution is 5.68. The molecular weight excluding hydrogens is 280 g/mol. The summed E-state index contributed by atoms with van der Waals surface area (Å²) in [5.41, 5.74) is 0.991. The van der Waals surface area contributed by atoms with Crippen LogP contribution >= 0.6 is 0 Å². The lowest BCUT2D eigenvalue weighted by molar-refractivity contribution is 0.0550. The van der Waals surface area contributed by atoms with Crippen LogP contribution in [0.25, 0.3) is 0 Å². The molecule has 22 heavy (non-hydrogen) atoms. The van der Waals surface area contributed by atoms with Gasteiger partial charge in [-0.3, -0.25) is 0 Å². The molecule has 0 unspecified atom stereocenters. The van der Waals surface area contributed by atoms with Gasteiger partial charge in [0.15, 0.2) is 0 Å².